The second kappa shape index (κ2) is 7.53. The summed E-state index contributed by atoms with van der Waals surface area (Å²) in [7, 11) is -3.52. The van der Waals surface area contributed by atoms with Gasteiger partial charge in [-0.05, 0) is 50.1 Å². The van der Waals surface area contributed by atoms with Crippen molar-refractivity contribution in [2.45, 2.75) is 49.4 Å². The predicted molar refractivity (Wildman–Crippen MR) is 106 cm³/mol. The molecule has 1 aliphatic rings. The monoisotopic (exact) mass is 402 g/mol. The zero-order chi connectivity index (χ0) is 18.9. The molecule has 3 heterocycles. The summed E-state index contributed by atoms with van der Waals surface area (Å²) in [5.41, 5.74) is 2.52. The molecule has 6 nitrogen and oxygen atoms in total. The van der Waals surface area contributed by atoms with E-state index in [2.05, 4.69) is 9.71 Å². The van der Waals surface area contributed by atoms with Gasteiger partial charge in [-0.15, -0.1) is 11.3 Å². The Morgan fingerprint density at radius 1 is 1.22 bits per heavy atom. The summed E-state index contributed by atoms with van der Waals surface area (Å²) in [6.45, 7) is 2.06. The molecular weight excluding hydrogens is 380 g/mol. The average Bonchev–Trinajstić information content (AvgIpc) is 3.41. The molecule has 0 aromatic carbocycles. The first-order valence-corrected chi connectivity index (χ1v) is 11.4. The quantitative estimate of drug-likeness (QED) is 0.678. The number of sulfonamides is 1. The van der Waals surface area contributed by atoms with Crippen LogP contribution in [0.15, 0.2) is 46.8 Å². The van der Waals surface area contributed by atoms with Crippen LogP contribution in [-0.4, -0.2) is 23.2 Å². The van der Waals surface area contributed by atoms with Gasteiger partial charge in [0.15, 0.2) is 0 Å². The highest BCUT2D eigenvalue weighted by Crippen LogP contribution is 2.33. The first-order chi connectivity index (χ1) is 13.0. The summed E-state index contributed by atoms with van der Waals surface area (Å²) in [5.74, 6) is 0. The van der Waals surface area contributed by atoms with Gasteiger partial charge in [-0.1, -0.05) is 18.9 Å². The molecule has 0 unspecified atom stereocenters. The van der Waals surface area contributed by atoms with Crippen molar-refractivity contribution >= 4 is 21.4 Å². The molecule has 0 bridgehead atoms. The molecule has 1 aliphatic carbocycles. The minimum Gasteiger partial charge on any atom is -0.260 e. The van der Waals surface area contributed by atoms with E-state index in [1.54, 1.807) is 12.3 Å². The van der Waals surface area contributed by atoms with Crippen molar-refractivity contribution in [1.82, 2.24) is 19.5 Å². The molecule has 0 radical (unpaired) electrons. The van der Waals surface area contributed by atoms with Gasteiger partial charge in [0.2, 0.25) is 10.0 Å². The Kier molecular flexibility index (Phi) is 5.12. The predicted octanol–water partition coefficient (Wildman–Crippen LogP) is 3.91. The molecule has 8 heteroatoms. The number of hydrogen-bond donors (Lipinski definition) is 1. The number of hydrogen-bond acceptors (Lipinski definition) is 5. The van der Waals surface area contributed by atoms with Crippen molar-refractivity contribution in [3.63, 3.8) is 0 Å². The lowest BCUT2D eigenvalue weighted by Gasteiger charge is -2.13. The average molecular weight is 403 g/mol. The summed E-state index contributed by atoms with van der Waals surface area (Å²) in [6, 6.07) is 11.6. The number of nitrogens with one attached hydrogen (secondary N) is 1. The van der Waals surface area contributed by atoms with E-state index >= 15 is 0 Å². The zero-order valence-corrected chi connectivity index (χ0v) is 16.8. The van der Waals surface area contributed by atoms with Gasteiger partial charge in [0, 0.05) is 11.1 Å². The van der Waals surface area contributed by atoms with Crippen molar-refractivity contribution < 1.29 is 8.42 Å². The minimum absolute atomic E-state index is 0.166. The Labute approximate surface area is 163 Å². The van der Waals surface area contributed by atoms with Crippen LogP contribution < -0.4 is 4.72 Å². The molecule has 0 aliphatic heterocycles. The number of rotatable bonds is 6. The SMILES string of the molecule is Cc1ccc(S(=O)(=O)NCc2cc(-c3ccccn3)n(C3CCCC3)n2)s1. The van der Waals surface area contributed by atoms with E-state index < -0.39 is 10.0 Å². The third-order valence-electron chi connectivity index (χ3n) is 4.81. The molecule has 0 spiro atoms. The van der Waals surface area contributed by atoms with Gasteiger partial charge in [0.05, 0.1) is 29.7 Å². The van der Waals surface area contributed by atoms with Gasteiger partial charge in [-0.2, -0.15) is 5.10 Å². The van der Waals surface area contributed by atoms with Crippen molar-refractivity contribution in [2.75, 3.05) is 0 Å². The Morgan fingerprint density at radius 3 is 2.70 bits per heavy atom. The Morgan fingerprint density at radius 2 is 2.04 bits per heavy atom. The van der Waals surface area contributed by atoms with Crippen LogP contribution in [0.1, 0.15) is 42.3 Å². The van der Waals surface area contributed by atoms with Gasteiger partial charge in [0.25, 0.3) is 0 Å². The van der Waals surface area contributed by atoms with E-state index in [-0.39, 0.29) is 6.54 Å². The van der Waals surface area contributed by atoms with Gasteiger partial charge >= 0.3 is 0 Å². The molecule has 0 amide bonds. The van der Waals surface area contributed by atoms with E-state index in [0.717, 1.165) is 29.1 Å². The fourth-order valence-electron chi connectivity index (χ4n) is 3.46. The highest BCUT2D eigenvalue weighted by atomic mass is 32.2. The topological polar surface area (TPSA) is 76.9 Å². The van der Waals surface area contributed by atoms with E-state index in [9.17, 15) is 8.42 Å². The van der Waals surface area contributed by atoms with Crippen LogP contribution in [0.3, 0.4) is 0 Å². The summed E-state index contributed by atoms with van der Waals surface area (Å²) in [5, 5.41) is 4.72. The first kappa shape index (κ1) is 18.3. The van der Waals surface area contributed by atoms with Gasteiger partial charge in [-0.3, -0.25) is 9.67 Å². The summed E-state index contributed by atoms with van der Waals surface area (Å²) < 4.78 is 30.0. The number of nitrogens with zero attached hydrogens (tertiary/aromatic N) is 3. The second-order valence-corrected chi connectivity index (χ2v) is 10.1. The molecule has 142 valence electrons. The third kappa shape index (κ3) is 3.97. The summed E-state index contributed by atoms with van der Waals surface area (Å²) >= 11 is 1.27. The summed E-state index contributed by atoms with van der Waals surface area (Å²) in [4.78, 5) is 5.43. The van der Waals surface area contributed by atoms with Crippen molar-refractivity contribution in [3.8, 4) is 11.4 Å². The van der Waals surface area contributed by atoms with Crippen molar-refractivity contribution in [1.29, 1.82) is 0 Å². The lowest BCUT2D eigenvalue weighted by molar-refractivity contribution is 0.466. The van der Waals surface area contributed by atoms with Crippen LogP contribution in [0.25, 0.3) is 11.4 Å². The first-order valence-electron chi connectivity index (χ1n) is 9.09. The second-order valence-electron chi connectivity index (χ2n) is 6.81. The number of pyridine rings is 1. The molecule has 4 rings (SSSR count). The van der Waals surface area contributed by atoms with E-state index in [0.29, 0.717) is 15.9 Å². The van der Waals surface area contributed by atoms with Crippen LogP contribution in [0.5, 0.6) is 0 Å². The Hall–Kier alpha value is -2.03. The van der Waals surface area contributed by atoms with Crippen LogP contribution in [0.2, 0.25) is 0 Å². The van der Waals surface area contributed by atoms with Crippen molar-refractivity contribution in [3.05, 3.63) is 53.2 Å². The molecule has 0 saturated heterocycles. The molecule has 1 N–H and O–H groups in total. The number of aromatic nitrogens is 3. The van der Waals surface area contributed by atoms with E-state index in [1.165, 1.54) is 24.2 Å². The zero-order valence-electron chi connectivity index (χ0n) is 15.1. The minimum atomic E-state index is -3.52. The standard InChI is InChI=1S/C19H22N4O2S2/c1-14-9-10-19(26-14)27(24,25)21-13-15-12-18(17-8-4-5-11-20-17)23(22-15)16-6-2-3-7-16/h4-5,8-12,16,21H,2-3,6-7,13H2,1H3. The maximum Gasteiger partial charge on any atom is 0.250 e. The van der Waals surface area contributed by atoms with Crippen molar-refractivity contribution in [2.24, 2.45) is 0 Å². The Balaban J connectivity index is 1.60. The molecule has 0 atom stereocenters. The smallest absolute Gasteiger partial charge is 0.250 e. The number of aryl methyl sites for hydroxylation is 1. The maximum absolute atomic E-state index is 12.5. The van der Waals surface area contributed by atoms with E-state index in [4.69, 9.17) is 5.10 Å². The van der Waals surface area contributed by atoms with Crippen LogP contribution in [0, 0.1) is 6.92 Å². The third-order valence-corrected chi connectivity index (χ3v) is 7.70. The fourth-order valence-corrected chi connectivity index (χ4v) is 5.79. The number of thiophene rings is 1. The van der Waals surface area contributed by atoms with Crippen LogP contribution in [0.4, 0.5) is 0 Å². The largest absolute Gasteiger partial charge is 0.260 e. The lowest BCUT2D eigenvalue weighted by atomic mass is 10.2. The molecule has 27 heavy (non-hydrogen) atoms. The highest BCUT2D eigenvalue weighted by molar-refractivity contribution is 7.91. The Bertz CT molecular complexity index is 1020. The van der Waals surface area contributed by atoms with Crippen LogP contribution >= 0.6 is 11.3 Å². The molecule has 1 fully saturated rings. The highest BCUT2D eigenvalue weighted by Gasteiger charge is 2.23. The lowest BCUT2D eigenvalue weighted by Crippen LogP contribution is -2.22. The normalized spacial score (nSPS) is 15.4. The maximum atomic E-state index is 12.5. The van der Waals surface area contributed by atoms with Gasteiger partial charge < -0.3 is 0 Å². The van der Waals surface area contributed by atoms with Gasteiger partial charge in [0.1, 0.15) is 4.21 Å². The van der Waals surface area contributed by atoms with Gasteiger partial charge in [-0.25, -0.2) is 13.1 Å². The molecule has 1 saturated carbocycles. The fraction of sp³-hybridized carbons (Fsp3) is 0.368. The molecular formula is C19H22N4O2S2. The van der Waals surface area contributed by atoms with Crippen LogP contribution in [-0.2, 0) is 16.6 Å². The molecule has 3 aromatic heterocycles. The van der Waals surface area contributed by atoms with E-state index in [1.807, 2.05) is 41.9 Å². The molecule has 3 aromatic rings. The summed E-state index contributed by atoms with van der Waals surface area (Å²) in [6.07, 6.45) is 6.36.